The molecule has 0 saturated carbocycles. The summed E-state index contributed by atoms with van der Waals surface area (Å²) in [6, 6.07) is 13.3. The second-order valence-electron chi connectivity index (χ2n) is 3.78. The summed E-state index contributed by atoms with van der Waals surface area (Å²) >= 11 is 0. The maximum atomic E-state index is 9.14. The van der Waals surface area contributed by atoms with Crippen LogP contribution in [0.2, 0.25) is 0 Å². The molecule has 19 heavy (non-hydrogen) atoms. The molecule has 1 aromatic carbocycles. The first-order chi connectivity index (χ1) is 9.35. The summed E-state index contributed by atoms with van der Waals surface area (Å²) in [7, 11) is 0. The Labute approximate surface area is 108 Å². The van der Waals surface area contributed by atoms with E-state index in [4.69, 9.17) is 10.5 Å². The van der Waals surface area contributed by atoms with Crippen LogP contribution >= 0.6 is 0 Å². The maximum absolute atomic E-state index is 9.14. The third-order valence-electron chi connectivity index (χ3n) is 2.70. The number of nitrogens with zero attached hydrogens (tertiary/aromatic N) is 6. The number of hydrogen-bond donors (Lipinski definition) is 0. The van der Waals surface area contributed by atoms with Crippen LogP contribution < -0.4 is 0 Å². The molecule has 0 saturated heterocycles. The van der Waals surface area contributed by atoms with Gasteiger partial charge in [-0.05, 0) is 0 Å². The standard InChI is InChI=1S/C13H6N6/c14-6-10-8-16-19-12(9-4-2-1-3-5-9)11(7-15)17-18-13(10)19/h1-5,8H. The molecule has 0 radical (unpaired) electrons. The van der Waals surface area contributed by atoms with Gasteiger partial charge in [-0.3, -0.25) is 0 Å². The molecule has 0 atom stereocenters. The van der Waals surface area contributed by atoms with Crippen molar-refractivity contribution >= 4 is 5.65 Å². The fraction of sp³-hybridized carbons (Fsp3) is 0. The van der Waals surface area contributed by atoms with Crippen LogP contribution in [-0.4, -0.2) is 19.8 Å². The minimum Gasteiger partial charge on any atom is -0.209 e. The highest BCUT2D eigenvalue weighted by molar-refractivity contribution is 5.68. The first-order valence-corrected chi connectivity index (χ1v) is 5.45. The predicted molar refractivity (Wildman–Crippen MR) is 65.6 cm³/mol. The molecule has 0 spiro atoms. The summed E-state index contributed by atoms with van der Waals surface area (Å²) in [5, 5.41) is 30.0. The first kappa shape index (κ1) is 10.9. The lowest BCUT2D eigenvalue weighted by Crippen LogP contribution is -2.03. The molecular weight excluding hydrogens is 240 g/mol. The fourth-order valence-corrected chi connectivity index (χ4v) is 1.86. The average molecular weight is 246 g/mol. The zero-order valence-corrected chi connectivity index (χ0v) is 9.65. The molecule has 3 rings (SSSR count). The predicted octanol–water partition coefficient (Wildman–Crippen LogP) is 1.53. The Hall–Kier alpha value is -3.25. The van der Waals surface area contributed by atoms with E-state index in [1.165, 1.54) is 10.7 Å². The molecule has 0 fully saturated rings. The van der Waals surface area contributed by atoms with Crippen LogP contribution in [-0.2, 0) is 0 Å². The monoisotopic (exact) mass is 246 g/mol. The van der Waals surface area contributed by atoms with Gasteiger partial charge in [0.05, 0.1) is 6.20 Å². The van der Waals surface area contributed by atoms with Gasteiger partial charge in [-0.25, -0.2) is 4.52 Å². The SMILES string of the molecule is N#Cc1nnc2c(C#N)cnn2c1-c1ccccc1. The van der Waals surface area contributed by atoms with Gasteiger partial charge >= 0.3 is 0 Å². The van der Waals surface area contributed by atoms with Gasteiger partial charge in [0.2, 0.25) is 0 Å². The summed E-state index contributed by atoms with van der Waals surface area (Å²) in [5.74, 6) is 0. The second-order valence-corrected chi connectivity index (χ2v) is 3.78. The second kappa shape index (κ2) is 4.21. The normalized spacial score (nSPS) is 10.0. The Bertz CT molecular complexity index is 835. The zero-order chi connectivity index (χ0) is 13.2. The molecule has 3 aromatic rings. The molecule has 0 unspecified atom stereocenters. The van der Waals surface area contributed by atoms with Crippen molar-refractivity contribution in [2.75, 3.05) is 0 Å². The van der Waals surface area contributed by atoms with Crippen molar-refractivity contribution in [3.05, 3.63) is 47.8 Å². The molecule has 0 aliphatic carbocycles. The summed E-state index contributed by atoms with van der Waals surface area (Å²) in [5.41, 5.74) is 2.18. The third kappa shape index (κ3) is 1.60. The van der Waals surface area contributed by atoms with Gasteiger partial charge in [-0.15, -0.1) is 10.2 Å². The van der Waals surface area contributed by atoms with E-state index in [1.807, 2.05) is 42.5 Å². The van der Waals surface area contributed by atoms with Crippen molar-refractivity contribution in [2.45, 2.75) is 0 Å². The average Bonchev–Trinajstić information content (AvgIpc) is 2.90. The molecule has 0 N–H and O–H groups in total. The molecule has 0 aliphatic rings. The van der Waals surface area contributed by atoms with E-state index < -0.39 is 0 Å². The van der Waals surface area contributed by atoms with Crippen molar-refractivity contribution in [1.29, 1.82) is 10.5 Å². The van der Waals surface area contributed by atoms with Crippen LogP contribution in [0.1, 0.15) is 11.3 Å². The van der Waals surface area contributed by atoms with Crippen molar-refractivity contribution in [3.8, 4) is 23.4 Å². The van der Waals surface area contributed by atoms with E-state index in [0.717, 1.165) is 5.56 Å². The molecule has 88 valence electrons. The summed E-state index contributed by atoms with van der Waals surface area (Å²) in [6.45, 7) is 0. The summed E-state index contributed by atoms with van der Waals surface area (Å²) in [4.78, 5) is 0. The van der Waals surface area contributed by atoms with E-state index in [2.05, 4.69) is 15.3 Å². The van der Waals surface area contributed by atoms with Crippen molar-refractivity contribution in [3.63, 3.8) is 0 Å². The smallest absolute Gasteiger partial charge is 0.195 e. The lowest BCUT2D eigenvalue weighted by Gasteiger charge is -2.05. The number of rotatable bonds is 1. The van der Waals surface area contributed by atoms with E-state index >= 15 is 0 Å². The van der Waals surface area contributed by atoms with Gasteiger partial charge in [0.15, 0.2) is 11.3 Å². The van der Waals surface area contributed by atoms with Gasteiger partial charge in [0, 0.05) is 5.56 Å². The van der Waals surface area contributed by atoms with Gasteiger partial charge in [0.1, 0.15) is 23.4 Å². The molecule has 0 bridgehead atoms. The Balaban J connectivity index is 2.43. The number of fused-ring (bicyclic) bond motifs is 1. The molecule has 0 aliphatic heterocycles. The summed E-state index contributed by atoms with van der Waals surface area (Å²) in [6.07, 6.45) is 1.41. The Kier molecular flexibility index (Phi) is 2.41. The minimum atomic E-state index is 0.172. The van der Waals surface area contributed by atoms with Crippen LogP contribution in [0.4, 0.5) is 0 Å². The molecular formula is C13H6N6. The Morgan fingerprint density at radius 2 is 1.79 bits per heavy atom. The molecule has 6 nitrogen and oxygen atoms in total. The number of aromatic nitrogens is 4. The third-order valence-corrected chi connectivity index (χ3v) is 2.70. The Morgan fingerprint density at radius 1 is 1.00 bits per heavy atom. The molecule has 0 amide bonds. The molecule has 2 heterocycles. The lowest BCUT2D eigenvalue weighted by molar-refractivity contribution is 0.887. The minimum absolute atomic E-state index is 0.172. The lowest BCUT2D eigenvalue weighted by atomic mass is 10.1. The van der Waals surface area contributed by atoms with Crippen molar-refractivity contribution in [2.24, 2.45) is 0 Å². The number of nitriles is 2. The van der Waals surface area contributed by atoms with E-state index in [1.54, 1.807) is 0 Å². The highest BCUT2D eigenvalue weighted by Crippen LogP contribution is 2.22. The van der Waals surface area contributed by atoms with Crippen LogP contribution in [0, 0.1) is 22.7 Å². The quantitative estimate of drug-likeness (QED) is 0.649. The maximum Gasteiger partial charge on any atom is 0.195 e. The van der Waals surface area contributed by atoms with Gasteiger partial charge in [0.25, 0.3) is 0 Å². The van der Waals surface area contributed by atoms with E-state index in [9.17, 15) is 0 Å². The highest BCUT2D eigenvalue weighted by Gasteiger charge is 2.15. The zero-order valence-electron chi connectivity index (χ0n) is 9.65. The number of benzene rings is 1. The largest absolute Gasteiger partial charge is 0.209 e. The number of hydrogen-bond acceptors (Lipinski definition) is 5. The van der Waals surface area contributed by atoms with Crippen LogP contribution in [0.5, 0.6) is 0 Å². The molecule has 6 heteroatoms. The van der Waals surface area contributed by atoms with E-state index in [-0.39, 0.29) is 5.69 Å². The van der Waals surface area contributed by atoms with Crippen molar-refractivity contribution < 1.29 is 0 Å². The van der Waals surface area contributed by atoms with E-state index in [0.29, 0.717) is 16.9 Å². The summed E-state index contributed by atoms with van der Waals surface area (Å²) < 4.78 is 1.47. The van der Waals surface area contributed by atoms with Crippen LogP contribution in [0.15, 0.2) is 36.5 Å². The Morgan fingerprint density at radius 3 is 2.47 bits per heavy atom. The van der Waals surface area contributed by atoms with Gasteiger partial charge < -0.3 is 0 Å². The highest BCUT2D eigenvalue weighted by atomic mass is 15.3. The van der Waals surface area contributed by atoms with Gasteiger partial charge in [-0.2, -0.15) is 15.6 Å². The van der Waals surface area contributed by atoms with Crippen molar-refractivity contribution in [1.82, 2.24) is 19.8 Å². The topological polar surface area (TPSA) is 90.7 Å². The molecule has 2 aromatic heterocycles. The first-order valence-electron chi connectivity index (χ1n) is 5.45. The van der Waals surface area contributed by atoms with Crippen LogP contribution in [0.3, 0.4) is 0 Å². The van der Waals surface area contributed by atoms with Gasteiger partial charge in [-0.1, -0.05) is 30.3 Å². The van der Waals surface area contributed by atoms with Crippen LogP contribution in [0.25, 0.3) is 16.9 Å². The fourth-order valence-electron chi connectivity index (χ4n) is 1.86.